The number of nitrogens with one attached hydrogen (secondary N) is 1. The van der Waals surface area contributed by atoms with Gasteiger partial charge in [-0.05, 0) is 6.07 Å². The Balaban J connectivity index is 2.31. The molecule has 0 amide bonds. The molecule has 0 aliphatic heterocycles. The smallest absolute Gasteiger partial charge is 0.372 e. The van der Waals surface area contributed by atoms with Crippen LogP contribution in [0.1, 0.15) is 11.5 Å². The van der Waals surface area contributed by atoms with Crippen LogP contribution in [-0.4, -0.2) is 24.7 Å². The van der Waals surface area contributed by atoms with Crippen molar-refractivity contribution in [3.63, 3.8) is 0 Å². The van der Waals surface area contributed by atoms with Crippen molar-refractivity contribution in [1.82, 2.24) is 19.7 Å². The number of hydrogen-bond donors (Lipinski definition) is 1. The van der Waals surface area contributed by atoms with E-state index >= 15 is 0 Å². The fourth-order valence-corrected chi connectivity index (χ4v) is 1.53. The Morgan fingerprint density at radius 2 is 2.19 bits per heavy atom. The largest absolute Gasteiger partial charge is 0.433 e. The zero-order chi connectivity index (χ0) is 15.6. The SMILES string of the molecule is Cn1cnnc1CNc1cc(C(F)(F)F)ncc1[N+](=O)[O-]. The van der Waals surface area contributed by atoms with Crippen molar-refractivity contribution in [3.8, 4) is 0 Å². The summed E-state index contributed by atoms with van der Waals surface area (Å²) in [6, 6.07) is 0.592. The lowest BCUT2D eigenvalue weighted by atomic mass is 10.2. The van der Waals surface area contributed by atoms with Gasteiger partial charge in [-0.25, -0.2) is 4.98 Å². The number of aryl methyl sites for hydroxylation is 1. The van der Waals surface area contributed by atoms with E-state index in [1.54, 1.807) is 7.05 Å². The zero-order valence-electron chi connectivity index (χ0n) is 10.6. The summed E-state index contributed by atoms with van der Waals surface area (Å²) >= 11 is 0. The summed E-state index contributed by atoms with van der Waals surface area (Å²) in [5.74, 6) is 0.412. The first-order valence-electron chi connectivity index (χ1n) is 5.57. The third-order valence-corrected chi connectivity index (χ3v) is 2.61. The lowest BCUT2D eigenvalue weighted by molar-refractivity contribution is -0.384. The molecule has 0 aromatic carbocycles. The van der Waals surface area contributed by atoms with E-state index in [2.05, 4.69) is 20.5 Å². The highest BCUT2D eigenvalue weighted by atomic mass is 19.4. The Morgan fingerprint density at radius 1 is 1.48 bits per heavy atom. The van der Waals surface area contributed by atoms with Crippen LogP contribution in [0.2, 0.25) is 0 Å². The van der Waals surface area contributed by atoms with Crippen LogP contribution < -0.4 is 5.32 Å². The molecule has 0 bridgehead atoms. The van der Waals surface area contributed by atoms with Crippen LogP contribution in [0.25, 0.3) is 0 Å². The van der Waals surface area contributed by atoms with Crippen molar-refractivity contribution in [2.45, 2.75) is 12.7 Å². The molecular formula is C10H9F3N6O2. The van der Waals surface area contributed by atoms with E-state index in [0.29, 0.717) is 18.1 Å². The molecule has 0 saturated carbocycles. The lowest BCUT2D eigenvalue weighted by Crippen LogP contribution is -2.12. The monoisotopic (exact) mass is 302 g/mol. The molecule has 1 N–H and O–H groups in total. The van der Waals surface area contributed by atoms with Gasteiger partial charge in [-0.2, -0.15) is 13.2 Å². The Kier molecular flexibility index (Phi) is 3.74. The molecule has 0 fully saturated rings. The molecule has 2 rings (SSSR count). The predicted molar refractivity (Wildman–Crippen MR) is 64.2 cm³/mol. The van der Waals surface area contributed by atoms with Gasteiger partial charge in [0.2, 0.25) is 0 Å². The minimum atomic E-state index is -4.68. The number of rotatable bonds is 4. The van der Waals surface area contributed by atoms with Gasteiger partial charge in [-0.3, -0.25) is 10.1 Å². The van der Waals surface area contributed by atoms with Crippen LogP contribution >= 0.6 is 0 Å². The topological polar surface area (TPSA) is 98.8 Å². The Morgan fingerprint density at radius 3 is 2.71 bits per heavy atom. The first kappa shape index (κ1) is 14.7. The Bertz CT molecular complexity index is 669. The third-order valence-electron chi connectivity index (χ3n) is 2.61. The summed E-state index contributed by atoms with van der Waals surface area (Å²) in [5.41, 5.74) is -2.05. The summed E-state index contributed by atoms with van der Waals surface area (Å²) < 4.78 is 39.3. The first-order valence-corrected chi connectivity index (χ1v) is 5.57. The van der Waals surface area contributed by atoms with Crippen LogP contribution in [0.3, 0.4) is 0 Å². The molecule has 0 radical (unpaired) electrons. The van der Waals surface area contributed by atoms with Crippen molar-refractivity contribution in [1.29, 1.82) is 0 Å². The van der Waals surface area contributed by atoms with Gasteiger partial charge < -0.3 is 9.88 Å². The van der Waals surface area contributed by atoms with E-state index in [9.17, 15) is 23.3 Å². The van der Waals surface area contributed by atoms with Gasteiger partial charge in [0.25, 0.3) is 0 Å². The molecule has 11 heteroatoms. The Labute approximate surface area is 115 Å². The minimum absolute atomic E-state index is 0.0152. The molecule has 0 atom stereocenters. The number of halogens is 3. The van der Waals surface area contributed by atoms with Gasteiger partial charge in [0.1, 0.15) is 23.9 Å². The van der Waals surface area contributed by atoms with E-state index in [1.807, 2.05) is 0 Å². The van der Waals surface area contributed by atoms with E-state index in [4.69, 9.17) is 0 Å². The highest BCUT2D eigenvalue weighted by molar-refractivity contribution is 5.61. The number of pyridine rings is 1. The molecule has 8 nitrogen and oxygen atoms in total. The van der Waals surface area contributed by atoms with Gasteiger partial charge in [-0.15, -0.1) is 10.2 Å². The fraction of sp³-hybridized carbons (Fsp3) is 0.300. The minimum Gasteiger partial charge on any atom is -0.372 e. The van der Waals surface area contributed by atoms with E-state index in [0.717, 1.165) is 0 Å². The van der Waals surface area contributed by atoms with Crippen molar-refractivity contribution < 1.29 is 18.1 Å². The Hall–Kier alpha value is -2.72. The van der Waals surface area contributed by atoms with Gasteiger partial charge in [0, 0.05) is 7.05 Å². The molecule has 2 aromatic rings. The summed E-state index contributed by atoms with van der Waals surface area (Å²) in [7, 11) is 1.64. The molecule has 21 heavy (non-hydrogen) atoms. The number of nitro groups is 1. The van der Waals surface area contributed by atoms with E-state index in [1.165, 1.54) is 10.9 Å². The van der Waals surface area contributed by atoms with Gasteiger partial charge in [0.05, 0.1) is 11.5 Å². The van der Waals surface area contributed by atoms with Crippen molar-refractivity contribution >= 4 is 11.4 Å². The van der Waals surface area contributed by atoms with E-state index in [-0.39, 0.29) is 12.2 Å². The second-order valence-corrected chi connectivity index (χ2v) is 4.05. The second kappa shape index (κ2) is 5.34. The highest BCUT2D eigenvalue weighted by Gasteiger charge is 2.34. The molecule has 0 saturated heterocycles. The molecule has 0 spiro atoms. The number of hydrogen-bond acceptors (Lipinski definition) is 6. The maximum Gasteiger partial charge on any atom is 0.433 e. The molecule has 112 valence electrons. The molecule has 0 aliphatic carbocycles. The number of aromatic nitrogens is 4. The maximum absolute atomic E-state index is 12.6. The standard InChI is InChI=1S/C10H9F3N6O2/c1-18-5-16-17-9(18)4-14-6-2-8(10(11,12)13)15-3-7(6)19(20)21/h2-3,5H,4H2,1H3,(H,14,15). The average molecular weight is 302 g/mol. The van der Waals surface area contributed by atoms with Crippen molar-refractivity contribution in [2.75, 3.05) is 5.32 Å². The summed E-state index contributed by atoms with van der Waals surface area (Å²) in [6.07, 6.45) is -2.71. The van der Waals surface area contributed by atoms with Crippen LogP contribution in [0, 0.1) is 10.1 Å². The van der Waals surface area contributed by atoms with Crippen LogP contribution in [0.15, 0.2) is 18.6 Å². The van der Waals surface area contributed by atoms with Crippen molar-refractivity contribution in [3.05, 3.63) is 40.2 Å². The fourth-order valence-electron chi connectivity index (χ4n) is 1.53. The average Bonchev–Trinajstić information content (AvgIpc) is 2.80. The number of nitrogens with zero attached hydrogens (tertiary/aromatic N) is 5. The second-order valence-electron chi connectivity index (χ2n) is 4.05. The molecule has 0 aliphatic rings. The van der Waals surface area contributed by atoms with E-state index < -0.39 is 22.5 Å². The maximum atomic E-state index is 12.6. The number of anilines is 1. The van der Waals surface area contributed by atoms with Crippen LogP contribution in [-0.2, 0) is 19.8 Å². The van der Waals surface area contributed by atoms with Crippen LogP contribution in [0.4, 0.5) is 24.5 Å². The zero-order valence-corrected chi connectivity index (χ0v) is 10.6. The first-order chi connectivity index (χ1) is 9.79. The predicted octanol–water partition coefficient (Wildman–Crippen LogP) is 1.75. The molecule has 2 aromatic heterocycles. The van der Waals surface area contributed by atoms with Gasteiger partial charge in [-0.1, -0.05) is 0 Å². The summed E-state index contributed by atoms with van der Waals surface area (Å²) in [6.45, 7) is -0.0152. The summed E-state index contributed by atoms with van der Waals surface area (Å²) in [4.78, 5) is 13.1. The third kappa shape index (κ3) is 3.24. The highest BCUT2D eigenvalue weighted by Crippen LogP contribution is 2.32. The molecular weight excluding hydrogens is 293 g/mol. The van der Waals surface area contributed by atoms with Gasteiger partial charge >= 0.3 is 11.9 Å². The van der Waals surface area contributed by atoms with Crippen molar-refractivity contribution in [2.24, 2.45) is 7.05 Å². The quantitative estimate of drug-likeness (QED) is 0.682. The normalized spacial score (nSPS) is 11.4. The molecule has 0 unspecified atom stereocenters. The van der Waals surface area contributed by atoms with Crippen LogP contribution in [0.5, 0.6) is 0 Å². The summed E-state index contributed by atoms with van der Waals surface area (Å²) in [5, 5.41) is 20.7. The number of alkyl halides is 3. The molecule has 2 heterocycles. The lowest BCUT2D eigenvalue weighted by Gasteiger charge is -2.10. The van der Waals surface area contributed by atoms with Gasteiger partial charge in [0.15, 0.2) is 5.82 Å².